The molecule has 9 heteroatoms. The molecule has 0 saturated heterocycles. The maximum absolute atomic E-state index is 12.8. The highest BCUT2D eigenvalue weighted by Gasteiger charge is 2.28. The first-order valence-corrected chi connectivity index (χ1v) is 5.77. The zero-order chi connectivity index (χ0) is 14.6. The second kappa shape index (κ2) is 6.02. The molecular weight excluding hydrogens is 330 g/mol. The molecule has 0 bridgehead atoms. The number of nitrogens with zero attached hydrogens (tertiary/aromatic N) is 1. The molecule has 104 valence electrons. The Morgan fingerprint density at radius 1 is 1.53 bits per heavy atom. The number of nitrogens with one attached hydrogen (secondary N) is 1. The molecule has 1 amide bonds. The molecule has 6 nitrogen and oxygen atoms in total. The summed E-state index contributed by atoms with van der Waals surface area (Å²) in [5, 5.41) is 20.8. The number of non-ortho nitro benzene ring substituents is 1. The summed E-state index contributed by atoms with van der Waals surface area (Å²) >= 11 is 3.00. The third-order valence-corrected chi connectivity index (χ3v) is 2.84. The third-order valence-electron chi connectivity index (χ3n) is 2.14. The number of aliphatic hydroxyl groups excluding tert-OH is 1. The van der Waals surface area contributed by atoms with Gasteiger partial charge in [-0.15, -0.1) is 0 Å². The van der Waals surface area contributed by atoms with Crippen molar-refractivity contribution in [1.29, 1.82) is 0 Å². The van der Waals surface area contributed by atoms with Crippen LogP contribution < -0.4 is 5.32 Å². The molecule has 0 aliphatic carbocycles. The van der Waals surface area contributed by atoms with Crippen molar-refractivity contribution in [2.45, 2.75) is 5.92 Å². The number of amides is 1. The largest absolute Gasteiger partial charge is 0.390 e. The number of hydrogen-bond donors (Lipinski definition) is 2. The fourth-order valence-corrected chi connectivity index (χ4v) is 1.59. The smallest absolute Gasteiger partial charge is 0.287 e. The molecule has 0 unspecified atom stereocenters. The van der Waals surface area contributed by atoms with Gasteiger partial charge in [0.25, 0.3) is 17.5 Å². The van der Waals surface area contributed by atoms with E-state index >= 15 is 0 Å². The summed E-state index contributed by atoms with van der Waals surface area (Å²) in [5.41, 5.74) is -0.467. The zero-order valence-corrected chi connectivity index (χ0v) is 11.0. The molecule has 0 radical (unpaired) electrons. The van der Waals surface area contributed by atoms with Gasteiger partial charge in [0.15, 0.2) is 0 Å². The lowest BCUT2D eigenvalue weighted by molar-refractivity contribution is -0.384. The van der Waals surface area contributed by atoms with Gasteiger partial charge in [-0.1, -0.05) is 0 Å². The minimum atomic E-state index is -3.44. The van der Waals surface area contributed by atoms with Crippen LogP contribution >= 0.6 is 15.9 Å². The molecule has 0 spiro atoms. The summed E-state index contributed by atoms with van der Waals surface area (Å²) < 4.78 is 25.7. The highest BCUT2D eigenvalue weighted by Crippen LogP contribution is 2.22. The van der Waals surface area contributed by atoms with Crippen LogP contribution in [-0.4, -0.2) is 35.0 Å². The van der Waals surface area contributed by atoms with Crippen LogP contribution in [0.3, 0.4) is 0 Å². The topological polar surface area (TPSA) is 92.5 Å². The van der Waals surface area contributed by atoms with Gasteiger partial charge in [-0.2, -0.15) is 0 Å². The number of alkyl halides is 2. The maximum Gasteiger partial charge on any atom is 0.287 e. The number of nitro groups is 1. The monoisotopic (exact) mass is 338 g/mol. The van der Waals surface area contributed by atoms with Crippen LogP contribution in [0.2, 0.25) is 0 Å². The van der Waals surface area contributed by atoms with E-state index in [-0.39, 0.29) is 15.7 Å². The van der Waals surface area contributed by atoms with E-state index in [0.29, 0.717) is 0 Å². The van der Waals surface area contributed by atoms with E-state index < -0.39 is 29.9 Å². The van der Waals surface area contributed by atoms with Gasteiger partial charge >= 0.3 is 0 Å². The van der Waals surface area contributed by atoms with Crippen molar-refractivity contribution in [1.82, 2.24) is 5.32 Å². The Bertz CT molecular complexity index is 510. The average molecular weight is 339 g/mol. The molecule has 0 saturated carbocycles. The molecule has 0 aromatic heterocycles. The summed E-state index contributed by atoms with van der Waals surface area (Å²) in [6.45, 7) is -2.46. The van der Waals surface area contributed by atoms with E-state index in [2.05, 4.69) is 15.9 Å². The molecule has 1 rings (SSSR count). The summed E-state index contributed by atoms with van der Waals surface area (Å²) in [6, 6.07) is 3.41. The van der Waals surface area contributed by atoms with E-state index in [9.17, 15) is 23.7 Å². The van der Waals surface area contributed by atoms with Gasteiger partial charge in [0.2, 0.25) is 0 Å². The van der Waals surface area contributed by atoms with Crippen molar-refractivity contribution in [3.63, 3.8) is 0 Å². The van der Waals surface area contributed by atoms with Gasteiger partial charge in [-0.05, 0) is 22.0 Å². The molecular formula is C10H9BrF2N2O4. The summed E-state index contributed by atoms with van der Waals surface area (Å²) in [7, 11) is 0. The van der Waals surface area contributed by atoms with E-state index in [1.807, 2.05) is 5.32 Å². The van der Waals surface area contributed by atoms with Crippen LogP contribution in [0.1, 0.15) is 10.4 Å². The second-order valence-electron chi connectivity index (χ2n) is 3.62. The molecule has 0 heterocycles. The third kappa shape index (κ3) is 4.21. The normalized spacial score (nSPS) is 11.2. The molecule has 0 fully saturated rings. The van der Waals surface area contributed by atoms with Crippen molar-refractivity contribution < 1.29 is 23.6 Å². The van der Waals surface area contributed by atoms with Gasteiger partial charge < -0.3 is 10.4 Å². The van der Waals surface area contributed by atoms with E-state index in [1.54, 1.807) is 0 Å². The van der Waals surface area contributed by atoms with Crippen molar-refractivity contribution in [3.8, 4) is 0 Å². The van der Waals surface area contributed by atoms with E-state index in [4.69, 9.17) is 5.11 Å². The Labute approximate surface area is 114 Å². The van der Waals surface area contributed by atoms with E-state index in [0.717, 1.165) is 6.07 Å². The number of halogens is 3. The standard InChI is InChI=1S/C10H9BrF2N2O4/c11-8-2-1-6(15(18)19)3-7(8)9(17)14-4-10(12,13)5-16/h1-3,16H,4-5H2,(H,14,17). The predicted octanol–water partition coefficient (Wildman–Crippen LogP) is 1.71. The first-order valence-electron chi connectivity index (χ1n) is 4.97. The maximum atomic E-state index is 12.8. The zero-order valence-electron chi connectivity index (χ0n) is 9.40. The number of carbonyl (C=O) groups is 1. The Kier molecular flexibility index (Phi) is 4.90. The number of hydrogen-bond acceptors (Lipinski definition) is 4. The van der Waals surface area contributed by atoms with Crippen molar-refractivity contribution in [2.24, 2.45) is 0 Å². The minimum Gasteiger partial charge on any atom is -0.390 e. The van der Waals surface area contributed by atoms with Gasteiger partial charge in [-0.25, -0.2) is 8.78 Å². The van der Waals surface area contributed by atoms with Crippen LogP contribution in [0, 0.1) is 10.1 Å². The van der Waals surface area contributed by atoms with Crippen LogP contribution in [0.4, 0.5) is 14.5 Å². The predicted molar refractivity (Wildman–Crippen MR) is 65.2 cm³/mol. The molecule has 19 heavy (non-hydrogen) atoms. The van der Waals surface area contributed by atoms with Crippen LogP contribution in [0.25, 0.3) is 0 Å². The number of rotatable bonds is 5. The lowest BCUT2D eigenvalue weighted by Gasteiger charge is -2.14. The Morgan fingerprint density at radius 3 is 2.68 bits per heavy atom. The molecule has 2 N–H and O–H groups in total. The molecule has 0 aliphatic heterocycles. The van der Waals surface area contributed by atoms with Crippen LogP contribution in [0.5, 0.6) is 0 Å². The molecule has 1 aromatic carbocycles. The molecule has 0 aliphatic rings. The first-order chi connectivity index (χ1) is 8.76. The number of nitro benzene ring substituents is 1. The van der Waals surface area contributed by atoms with Gasteiger partial charge in [0.1, 0.15) is 6.61 Å². The fraction of sp³-hybridized carbons (Fsp3) is 0.300. The SMILES string of the molecule is O=C(NCC(F)(F)CO)c1cc([N+](=O)[O-])ccc1Br. The Morgan fingerprint density at radius 2 is 2.16 bits per heavy atom. The number of carbonyl (C=O) groups excluding carboxylic acids is 1. The summed E-state index contributed by atoms with van der Waals surface area (Å²) in [6.07, 6.45) is 0. The van der Waals surface area contributed by atoms with Gasteiger partial charge in [0, 0.05) is 16.6 Å². The van der Waals surface area contributed by atoms with Crippen LogP contribution in [-0.2, 0) is 0 Å². The Hall–Kier alpha value is -1.61. The summed E-state index contributed by atoms with van der Waals surface area (Å²) in [5.74, 6) is -4.34. The lowest BCUT2D eigenvalue weighted by atomic mass is 10.2. The van der Waals surface area contributed by atoms with Crippen LogP contribution in [0.15, 0.2) is 22.7 Å². The van der Waals surface area contributed by atoms with Gasteiger partial charge in [-0.3, -0.25) is 14.9 Å². The fourth-order valence-electron chi connectivity index (χ4n) is 1.16. The van der Waals surface area contributed by atoms with Gasteiger partial charge in [0.05, 0.1) is 17.0 Å². The Balaban J connectivity index is 2.88. The highest BCUT2D eigenvalue weighted by molar-refractivity contribution is 9.10. The molecule has 0 atom stereocenters. The van der Waals surface area contributed by atoms with Crippen molar-refractivity contribution in [3.05, 3.63) is 38.3 Å². The van der Waals surface area contributed by atoms with E-state index in [1.165, 1.54) is 12.1 Å². The van der Waals surface area contributed by atoms with Crippen molar-refractivity contribution in [2.75, 3.05) is 13.2 Å². The number of benzene rings is 1. The molecule has 1 aromatic rings. The quantitative estimate of drug-likeness (QED) is 0.631. The average Bonchev–Trinajstić information content (AvgIpc) is 2.36. The minimum absolute atomic E-state index is 0.136. The van der Waals surface area contributed by atoms with Crippen molar-refractivity contribution >= 4 is 27.5 Å². The highest BCUT2D eigenvalue weighted by atomic mass is 79.9. The number of aliphatic hydroxyl groups is 1. The second-order valence-corrected chi connectivity index (χ2v) is 4.47. The summed E-state index contributed by atoms with van der Waals surface area (Å²) in [4.78, 5) is 21.5. The first kappa shape index (κ1) is 15.4. The lowest BCUT2D eigenvalue weighted by Crippen LogP contribution is -2.39.